The van der Waals surface area contributed by atoms with Crippen LogP contribution in [0.3, 0.4) is 0 Å². The number of nitrogens with one attached hydrogen (secondary N) is 1. The summed E-state index contributed by atoms with van der Waals surface area (Å²) in [5.74, 6) is 0. The number of likely N-dealkylation sites (N-methyl/N-ethyl adjacent to an activating group) is 1. The van der Waals surface area contributed by atoms with E-state index < -0.39 is 0 Å². The summed E-state index contributed by atoms with van der Waals surface area (Å²) in [5, 5.41) is 5.04. The van der Waals surface area contributed by atoms with Crippen molar-refractivity contribution in [3.8, 4) is 0 Å². The molecule has 0 aliphatic heterocycles. The lowest BCUT2D eigenvalue weighted by Gasteiger charge is -2.18. The fraction of sp³-hybridized carbons (Fsp3) is 0.538. The van der Waals surface area contributed by atoms with Gasteiger partial charge in [-0.3, -0.25) is 0 Å². The largest absolute Gasteiger partial charge is 0.314 e. The molecule has 0 spiro atoms. The molecule has 16 heavy (non-hydrogen) atoms. The number of halogens is 2. The van der Waals surface area contributed by atoms with Crippen molar-refractivity contribution >= 4 is 23.2 Å². The SMILES string of the molecule is CCCC(Cc1cc(Cl)ccc1Cl)NCC. The molecule has 1 rings (SSSR count). The second kappa shape index (κ2) is 7.16. The van der Waals surface area contributed by atoms with Crippen LogP contribution >= 0.6 is 23.2 Å². The molecule has 0 aliphatic carbocycles. The van der Waals surface area contributed by atoms with Crippen molar-refractivity contribution in [2.24, 2.45) is 0 Å². The summed E-state index contributed by atoms with van der Waals surface area (Å²) < 4.78 is 0. The first-order valence-electron chi connectivity index (χ1n) is 5.84. The molecule has 1 atom stereocenters. The number of hydrogen-bond donors (Lipinski definition) is 1. The van der Waals surface area contributed by atoms with E-state index in [2.05, 4.69) is 19.2 Å². The first kappa shape index (κ1) is 13.8. The van der Waals surface area contributed by atoms with Gasteiger partial charge in [-0.15, -0.1) is 0 Å². The van der Waals surface area contributed by atoms with Gasteiger partial charge in [0.1, 0.15) is 0 Å². The van der Waals surface area contributed by atoms with Crippen molar-refractivity contribution in [1.29, 1.82) is 0 Å². The lowest BCUT2D eigenvalue weighted by atomic mass is 10.0. The zero-order valence-electron chi connectivity index (χ0n) is 9.89. The summed E-state index contributed by atoms with van der Waals surface area (Å²) in [6.45, 7) is 5.31. The lowest BCUT2D eigenvalue weighted by molar-refractivity contribution is 0.486. The summed E-state index contributed by atoms with van der Waals surface area (Å²) in [6.07, 6.45) is 3.29. The second-order valence-electron chi connectivity index (χ2n) is 3.98. The van der Waals surface area contributed by atoms with E-state index in [0.717, 1.165) is 35.0 Å². The Morgan fingerprint density at radius 3 is 2.62 bits per heavy atom. The first-order valence-corrected chi connectivity index (χ1v) is 6.60. The topological polar surface area (TPSA) is 12.0 Å². The minimum absolute atomic E-state index is 0.492. The summed E-state index contributed by atoms with van der Waals surface area (Å²) in [5.41, 5.74) is 1.13. The van der Waals surface area contributed by atoms with Gasteiger partial charge in [0.2, 0.25) is 0 Å². The molecular weight excluding hydrogens is 241 g/mol. The minimum Gasteiger partial charge on any atom is -0.314 e. The van der Waals surface area contributed by atoms with Crippen LogP contribution in [-0.4, -0.2) is 12.6 Å². The molecule has 0 heterocycles. The predicted molar refractivity (Wildman–Crippen MR) is 72.5 cm³/mol. The molecule has 90 valence electrons. The van der Waals surface area contributed by atoms with Gasteiger partial charge in [-0.1, -0.05) is 43.5 Å². The van der Waals surface area contributed by atoms with Gasteiger partial charge in [-0.05, 0) is 43.1 Å². The fourth-order valence-electron chi connectivity index (χ4n) is 1.88. The van der Waals surface area contributed by atoms with E-state index in [-0.39, 0.29) is 0 Å². The Bertz CT molecular complexity index is 320. The summed E-state index contributed by atoms with van der Waals surface area (Å²) >= 11 is 12.1. The van der Waals surface area contributed by atoms with Gasteiger partial charge < -0.3 is 5.32 Å². The van der Waals surface area contributed by atoms with Crippen molar-refractivity contribution < 1.29 is 0 Å². The Balaban J connectivity index is 2.71. The number of hydrogen-bond acceptors (Lipinski definition) is 1. The molecule has 0 saturated heterocycles. The van der Waals surface area contributed by atoms with Crippen LogP contribution in [0.25, 0.3) is 0 Å². The molecule has 0 fully saturated rings. The molecule has 0 radical (unpaired) electrons. The van der Waals surface area contributed by atoms with E-state index in [1.165, 1.54) is 6.42 Å². The molecule has 0 amide bonds. The molecule has 1 aromatic carbocycles. The van der Waals surface area contributed by atoms with Gasteiger partial charge in [-0.2, -0.15) is 0 Å². The second-order valence-corrected chi connectivity index (χ2v) is 4.83. The van der Waals surface area contributed by atoms with Crippen molar-refractivity contribution in [2.75, 3.05) is 6.54 Å². The molecule has 0 aliphatic rings. The first-order chi connectivity index (χ1) is 7.67. The third-order valence-corrected chi connectivity index (χ3v) is 3.21. The molecular formula is C13H19Cl2N. The highest BCUT2D eigenvalue weighted by Crippen LogP contribution is 2.22. The molecule has 0 saturated carbocycles. The molecule has 1 nitrogen and oxygen atoms in total. The third-order valence-electron chi connectivity index (χ3n) is 2.60. The van der Waals surface area contributed by atoms with E-state index in [0.29, 0.717) is 6.04 Å². The van der Waals surface area contributed by atoms with Gasteiger partial charge in [0.25, 0.3) is 0 Å². The maximum atomic E-state index is 6.15. The van der Waals surface area contributed by atoms with Crippen LogP contribution in [0.2, 0.25) is 10.0 Å². The third kappa shape index (κ3) is 4.32. The van der Waals surface area contributed by atoms with Gasteiger partial charge in [-0.25, -0.2) is 0 Å². The Morgan fingerprint density at radius 2 is 2.00 bits per heavy atom. The van der Waals surface area contributed by atoms with Gasteiger partial charge >= 0.3 is 0 Å². The molecule has 1 aromatic rings. The highest BCUT2D eigenvalue weighted by atomic mass is 35.5. The average molecular weight is 260 g/mol. The monoisotopic (exact) mass is 259 g/mol. The lowest BCUT2D eigenvalue weighted by Crippen LogP contribution is -2.30. The molecule has 1 unspecified atom stereocenters. The van der Waals surface area contributed by atoms with Crippen LogP contribution in [0.1, 0.15) is 32.3 Å². The van der Waals surface area contributed by atoms with Gasteiger partial charge in [0.05, 0.1) is 0 Å². The normalized spacial score (nSPS) is 12.8. The van der Waals surface area contributed by atoms with E-state index in [1.807, 2.05) is 18.2 Å². The number of benzene rings is 1. The van der Waals surface area contributed by atoms with E-state index in [1.54, 1.807) is 0 Å². The van der Waals surface area contributed by atoms with Crippen LogP contribution in [0, 0.1) is 0 Å². The molecule has 0 bridgehead atoms. The molecule has 0 aromatic heterocycles. The van der Waals surface area contributed by atoms with Crippen molar-refractivity contribution in [2.45, 2.75) is 39.2 Å². The quantitative estimate of drug-likeness (QED) is 0.803. The van der Waals surface area contributed by atoms with Gasteiger partial charge in [0, 0.05) is 16.1 Å². The van der Waals surface area contributed by atoms with Crippen LogP contribution in [0.5, 0.6) is 0 Å². The summed E-state index contributed by atoms with van der Waals surface area (Å²) in [7, 11) is 0. The summed E-state index contributed by atoms with van der Waals surface area (Å²) in [4.78, 5) is 0. The van der Waals surface area contributed by atoms with Gasteiger partial charge in [0.15, 0.2) is 0 Å². The van der Waals surface area contributed by atoms with Crippen LogP contribution in [0.15, 0.2) is 18.2 Å². The van der Waals surface area contributed by atoms with E-state index in [9.17, 15) is 0 Å². The Labute approximate surface area is 108 Å². The van der Waals surface area contributed by atoms with Crippen LogP contribution < -0.4 is 5.32 Å². The Hall–Kier alpha value is -0.240. The fourth-order valence-corrected chi connectivity index (χ4v) is 2.27. The highest BCUT2D eigenvalue weighted by Gasteiger charge is 2.10. The average Bonchev–Trinajstić information content (AvgIpc) is 2.24. The Morgan fingerprint density at radius 1 is 1.25 bits per heavy atom. The summed E-state index contributed by atoms with van der Waals surface area (Å²) in [6, 6.07) is 6.15. The van der Waals surface area contributed by atoms with Crippen molar-refractivity contribution in [1.82, 2.24) is 5.32 Å². The zero-order chi connectivity index (χ0) is 12.0. The maximum Gasteiger partial charge on any atom is 0.0439 e. The Kier molecular flexibility index (Phi) is 6.18. The maximum absolute atomic E-state index is 6.15. The highest BCUT2D eigenvalue weighted by molar-refractivity contribution is 6.33. The van der Waals surface area contributed by atoms with E-state index >= 15 is 0 Å². The molecule has 1 N–H and O–H groups in total. The number of rotatable bonds is 6. The smallest absolute Gasteiger partial charge is 0.0439 e. The minimum atomic E-state index is 0.492. The van der Waals surface area contributed by atoms with Crippen molar-refractivity contribution in [3.05, 3.63) is 33.8 Å². The van der Waals surface area contributed by atoms with Crippen LogP contribution in [0.4, 0.5) is 0 Å². The predicted octanol–water partition coefficient (Wildman–Crippen LogP) is 4.31. The van der Waals surface area contributed by atoms with E-state index in [4.69, 9.17) is 23.2 Å². The van der Waals surface area contributed by atoms with Crippen molar-refractivity contribution in [3.63, 3.8) is 0 Å². The van der Waals surface area contributed by atoms with Crippen LogP contribution in [-0.2, 0) is 6.42 Å². The molecule has 3 heteroatoms. The standard InChI is InChI=1S/C13H19Cl2N/c1-3-5-12(16-4-2)9-10-8-11(14)6-7-13(10)15/h6-8,12,16H,3-5,9H2,1-2H3. The zero-order valence-corrected chi connectivity index (χ0v) is 11.4.